The molecule has 1 aliphatic heterocycles. The van der Waals surface area contributed by atoms with E-state index in [9.17, 15) is 4.79 Å². The van der Waals surface area contributed by atoms with Gasteiger partial charge in [-0.15, -0.1) is 11.3 Å². The Bertz CT molecular complexity index is 981. The van der Waals surface area contributed by atoms with Crippen LogP contribution in [0.5, 0.6) is 0 Å². The lowest BCUT2D eigenvalue weighted by Crippen LogP contribution is -2.35. The highest BCUT2D eigenvalue weighted by Gasteiger charge is 2.22. The quantitative estimate of drug-likeness (QED) is 0.551. The molecule has 3 aromatic rings. The van der Waals surface area contributed by atoms with Crippen molar-refractivity contribution in [3.05, 3.63) is 62.5 Å². The van der Waals surface area contributed by atoms with Gasteiger partial charge in [-0.05, 0) is 13.2 Å². The topological polar surface area (TPSA) is 61.9 Å². The fourth-order valence-electron chi connectivity index (χ4n) is 3.17. The molecule has 0 fully saturated rings. The third-order valence-electron chi connectivity index (χ3n) is 4.60. The average molecular weight is 385 g/mol. The molecule has 0 amide bonds. The summed E-state index contributed by atoms with van der Waals surface area (Å²) in [5, 5.41) is 1.76. The van der Waals surface area contributed by atoms with Crippen LogP contribution in [-0.4, -0.2) is 32.7 Å². The number of H-pyrrole nitrogens is 1. The van der Waals surface area contributed by atoms with Crippen LogP contribution >= 0.6 is 23.1 Å². The van der Waals surface area contributed by atoms with Gasteiger partial charge in [0.05, 0.1) is 17.0 Å². The van der Waals surface area contributed by atoms with Gasteiger partial charge in [0.25, 0.3) is 5.56 Å². The molecule has 26 heavy (non-hydrogen) atoms. The SMILES string of the molecule is CSc1nc2c(c(=O)[nH]1)CN(Cc1sc(-c3ccccc3)nc1C)CC2. The first-order valence-electron chi connectivity index (χ1n) is 8.54. The van der Waals surface area contributed by atoms with Crippen LogP contribution in [0.3, 0.4) is 0 Å². The van der Waals surface area contributed by atoms with Crippen molar-refractivity contribution < 1.29 is 0 Å². The molecule has 1 N–H and O–H groups in total. The van der Waals surface area contributed by atoms with E-state index in [0.717, 1.165) is 47.0 Å². The van der Waals surface area contributed by atoms with Crippen LogP contribution in [0.4, 0.5) is 0 Å². The van der Waals surface area contributed by atoms with Crippen LogP contribution in [-0.2, 0) is 19.5 Å². The lowest BCUT2D eigenvalue weighted by molar-refractivity contribution is 0.242. The number of hydrogen-bond donors (Lipinski definition) is 1. The van der Waals surface area contributed by atoms with E-state index in [2.05, 4.69) is 33.9 Å². The Morgan fingerprint density at radius 2 is 2.08 bits per heavy atom. The minimum atomic E-state index is -0.00458. The number of benzene rings is 1. The molecule has 1 aromatic carbocycles. The Morgan fingerprint density at radius 3 is 2.85 bits per heavy atom. The highest BCUT2D eigenvalue weighted by Crippen LogP contribution is 2.29. The molecule has 134 valence electrons. The summed E-state index contributed by atoms with van der Waals surface area (Å²) in [7, 11) is 0. The Balaban J connectivity index is 1.54. The van der Waals surface area contributed by atoms with Crippen LogP contribution in [0, 0.1) is 6.92 Å². The first-order valence-corrected chi connectivity index (χ1v) is 10.6. The maximum absolute atomic E-state index is 12.4. The molecule has 7 heteroatoms. The fourth-order valence-corrected chi connectivity index (χ4v) is 4.68. The molecule has 0 saturated carbocycles. The molecular formula is C19H20N4OS2. The van der Waals surface area contributed by atoms with E-state index in [-0.39, 0.29) is 5.56 Å². The Kier molecular flexibility index (Phi) is 4.93. The van der Waals surface area contributed by atoms with Crippen LogP contribution in [0.15, 0.2) is 40.3 Å². The van der Waals surface area contributed by atoms with Crippen molar-refractivity contribution in [3.63, 3.8) is 0 Å². The standard InChI is InChI=1S/C19H20N4OS2/c1-12-16(26-18(20-12)13-6-4-3-5-7-13)11-23-9-8-15-14(10-23)17(24)22-19(21-15)25-2/h3-7H,8-11H2,1-2H3,(H,21,22,24). The molecule has 0 bridgehead atoms. The zero-order valence-electron chi connectivity index (χ0n) is 14.8. The minimum Gasteiger partial charge on any atom is -0.301 e. The predicted molar refractivity (Wildman–Crippen MR) is 107 cm³/mol. The number of nitrogens with zero attached hydrogens (tertiary/aromatic N) is 3. The monoisotopic (exact) mass is 384 g/mol. The van der Waals surface area contributed by atoms with Gasteiger partial charge >= 0.3 is 0 Å². The molecule has 0 unspecified atom stereocenters. The summed E-state index contributed by atoms with van der Waals surface area (Å²) >= 11 is 3.22. The van der Waals surface area contributed by atoms with Crippen molar-refractivity contribution in [1.29, 1.82) is 0 Å². The Hall–Kier alpha value is -1.96. The third-order valence-corrected chi connectivity index (χ3v) is 6.37. The van der Waals surface area contributed by atoms with Crippen LogP contribution in [0.2, 0.25) is 0 Å². The molecule has 0 spiro atoms. The summed E-state index contributed by atoms with van der Waals surface area (Å²) < 4.78 is 0. The van der Waals surface area contributed by atoms with Gasteiger partial charge in [-0.2, -0.15) is 0 Å². The van der Waals surface area contributed by atoms with Crippen molar-refractivity contribution in [2.75, 3.05) is 12.8 Å². The molecule has 0 atom stereocenters. The second-order valence-corrected chi connectivity index (χ2v) is 8.23. The van der Waals surface area contributed by atoms with Crippen molar-refractivity contribution >= 4 is 23.1 Å². The number of nitrogens with one attached hydrogen (secondary N) is 1. The predicted octanol–water partition coefficient (Wildman–Crippen LogP) is 3.48. The molecule has 5 nitrogen and oxygen atoms in total. The van der Waals surface area contributed by atoms with E-state index in [1.807, 2.05) is 24.5 Å². The van der Waals surface area contributed by atoms with E-state index < -0.39 is 0 Å². The van der Waals surface area contributed by atoms with Gasteiger partial charge in [0.2, 0.25) is 0 Å². The number of fused-ring (bicyclic) bond motifs is 1. The average Bonchev–Trinajstić information content (AvgIpc) is 3.03. The summed E-state index contributed by atoms with van der Waals surface area (Å²) in [5.41, 5.74) is 3.97. The number of hydrogen-bond acceptors (Lipinski definition) is 6. The number of thiazole rings is 1. The highest BCUT2D eigenvalue weighted by molar-refractivity contribution is 7.98. The maximum atomic E-state index is 12.4. The molecule has 3 heterocycles. The van der Waals surface area contributed by atoms with Gasteiger partial charge in [-0.3, -0.25) is 9.69 Å². The Morgan fingerprint density at radius 1 is 1.27 bits per heavy atom. The first-order chi connectivity index (χ1) is 12.6. The van der Waals surface area contributed by atoms with Gasteiger partial charge in [0.1, 0.15) is 5.01 Å². The normalized spacial score (nSPS) is 14.4. The largest absolute Gasteiger partial charge is 0.301 e. The molecule has 2 aromatic heterocycles. The van der Waals surface area contributed by atoms with E-state index in [1.54, 1.807) is 11.3 Å². The summed E-state index contributed by atoms with van der Waals surface area (Å²) in [6, 6.07) is 10.3. The first kappa shape index (κ1) is 17.5. The van der Waals surface area contributed by atoms with Gasteiger partial charge in [-0.1, -0.05) is 42.1 Å². The van der Waals surface area contributed by atoms with Crippen LogP contribution < -0.4 is 5.56 Å². The van der Waals surface area contributed by atoms with E-state index >= 15 is 0 Å². The maximum Gasteiger partial charge on any atom is 0.256 e. The highest BCUT2D eigenvalue weighted by atomic mass is 32.2. The zero-order chi connectivity index (χ0) is 18.1. The van der Waals surface area contributed by atoms with Gasteiger partial charge in [0, 0.05) is 36.5 Å². The minimum absolute atomic E-state index is 0.00458. The number of thioether (sulfide) groups is 1. The molecule has 0 radical (unpaired) electrons. The van der Waals surface area contributed by atoms with Crippen molar-refractivity contribution in [2.24, 2.45) is 0 Å². The summed E-state index contributed by atoms with van der Waals surface area (Å²) in [4.78, 5) is 28.1. The smallest absolute Gasteiger partial charge is 0.256 e. The van der Waals surface area contributed by atoms with E-state index in [1.165, 1.54) is 16.6 Å². The van der Waals surface area contributed by atoms with Crippen LogP contribution in [0.1, 0.15) is 21.8 Å². The number of aryl methyl sites for hydroxylation is 1. The second kappa shape index (κ2) is 7.34. The number of rotatable bonds is 4. The summed E-state index contributed by atoms with van der Waals surface area (Å²) in [5.74, 6) is 0. The van der Waals surface area contributed by atoms with Gasteiger partial charge in [-0.25, -0.2) is 9.97 Å². The lowest BCUT2D eigenvalue weighted by atomic mass is 10.1. The third kappa shape index (κ3) is 3.47. The molecule has 4 rings (SSSR count). The molecule has 0 saturated heterocycles. The Labute approximate surface area is 160 Å². The second-order valence-electron chi connectivity index (χ2n) is 6.35. The van der Waals surface area contributed by atoms with Gasteiger partial charge in [0.15, 0.2) is 5.16 Å². The molecule has 1 aliphatic rings. The fraction of sp³-hybridized carbons (Fsp3) is 0.316. The lowest BCUT2D eigenvalue weighted by Gasteiger charge is -2.27. The van der Waals surface area contributed by atoms with E-state index in [4.69, 9.17) is 4.98 Å². The zero-order valence-corrected chi connectivity index (χ0v) is 16.4. The molecule has 0 aliphatic carbocycles. The van der Waals surface area contributed by atoms with Crippen molar-refractivity contribution in [2.45, 2.75) is 31.6 Å². The van der Waals surface area contributed by atoms with E-state index in [0.29, 0.717) is 11.7 Å². The summed E-state index contributed by atoms with van der Waals surface area (Å²) in [6.07, 6.45) is 2.74. The summed E-state index contributed by atoms with van der Waals surface area (Å²) in [6.45, 7) is 4.44. The van der Waals surface area contributed by atoms with Crippen molar-refractivity contribution in [3.8, 4) is 10.6 Å². The van der Waals surface area contributed by atoms with Gasteiger partial charge < -0.3 is 4.98 Å². The van der Waals surface area contributed by atoms with Crippen LogP contribution in [0.25, 0.3) is 10.6 Å². The number of aromatic amines is 1. The molecular weight excluding hydrogens is 364 g/mol. The van der Waals surface area contributed by atoms with Crippen molar-refractivity contribution in [1.82, 2.24) is 19.9 Å². The number of aromatic nitrogens is 3.